The average molecular weight is 305 g/mol. The van der Waals surface area contributed by atoms with E-state index in [1.54, 1.807) is 0 Å². The van der Waals surface area contributed by atoms with Crippen LogP contribution in [0.5, 0.6) is 0 Å². The van der Waals surface area contributed by atoms with Crippen molar-refractivity contribution in [3.63, 3.8) is 0 Å². The van der Waals surface area contributed by atoms with E-state index in [4.69, 9.17) is 0 Å². The molecule has 1 aromatic rings. The number of rotatable bonds is 5. The van der Waals surface area contributed by atoms with Crippen molar-refractivity contribution in [3.8, 4) is 6.07 Å². The summed E-state index contributed by atoms with van der Waals surface area (Å²) < 4.78 is 0. The number of nitrogens with zero attached hydrogens (tertiary/aromatic N) is 3. The summed E-state index contributed by atoms with van der Waals surface area (Å²) in [6.07, 6.45) is 7.02. The van der Waals surface area contributed by atoms with Gasteiger partial charge in [-0.05, 0) is 25.7 Å². The molecule has 0 unspecified atom stereocenters. The van der Waals surface area contributed by atoms with Crippen molar-refractivity contribution in [1.82, 2.24) is 20.5 Å². The van der Waals surface area contributed by atoms with Gasteiger partial charge in [-0.2, -0.15) is 5.26 Å². The Labute approximate surface area is 128 Å². The summed E-state index contributed by atoms with van der Waals surface area (Å²) in [6.45, 7) is 0. The van der Waals surface area contributed by atoms with E-state index in [9.17, 15) is 10.1 Å². The van der Waals surface area contributed by atoms with Crippen LogP contribution in [0.2, 0.25) is 0 Å². The number of hydrogen-bond donors (Lipinski definition) is 2. The van der Waals surface area contributed by atoms with Gasteiger partial charge in [0.2, 0.25) is 11.1 Å². The molecule has 2 aliphatic rings. The van der Waals surface area contributed by atoms with E-state index < -0.39 is 5.54 Å². The number of aromatic nitrogens is 3. The van der Waals surface area contributed by atoms with Gasteiger partial charge in [-0.25, -0.2) is 4.98 Å². The number of nitriles is 1. The largest absolute Gasteiger partial charge is 0.337 e. The number of amides is 1. The van der Waals surface area contributed by atoms with Crippen molar-refractivity contribution < 1.29 is 4.79 Å². The van der Waals surface area contributed by atoms with Gasteiger partial charge in [0.15, 0.2) is 0 Å². The van der Waals surface area contributed by atoms with E-state index >= 15 is 0 Å². The topological polar surface area (TPSA) is 94.5 Å². The van der Waals surface area contributed by atoms with E-state index in [-0.39, 0.29) is 11.7 Å². The minimum Gasteiger partial charge on any atom is -0.337 e. The van der Waals surface area contributed by atoms with Crippen LogP contribution in [0.4, 0.5) is 0 Å². The fraction of sp³-hybridized carbons (Fsp3) is 0.714. The second kappa shape index (κ2) is 6.06. The Morgan fingerprint density at radius 2 is 2.19 bits per heavy atom. The third-order valence-electron chi connectivity index (χ3n) is 4.08. The summed E-state index contributed by atoms with van der Waals surface area (Å²) >= 11 is 1.32. The van der Waals surface area contributed by atoms with Gasteiger partial charge < -0.3 is 5.32 Å². The number of thioether (sulfide) groups is 1. The molecule has 21 heavy (non-hydrogen) atoms. The first-order chi connectivity index (χ1) is 10.2. The summed E-state index contributed by atoms with van der Waals surface area (Å²) in [4.78, 5) is 16.4. The van der Waals surface area contributed by atoms with Crippen LogP contribution in [0, 0.1) is 11.3 Å². The summed E-state index contributed by atoms with van der Waals surface area (Å²) in [6, 6.07) is 2.30. The maximum Gasteiger partial charge on any atom is 0.231 e. The smallest absolute Gasteiger partial charge is 0.231 e. The van der Waals surface area contributed by atoms with Crippen LogP contribution < -0.4 is 5.32 Å². The van der Waals surface area contributed by atoms with Gasteiger partial charge in [-0.1, -0.05) is 31.0 Å². The highest BCUT2D eigenvalue weighted by atomic mass is 32.2. The number of aromatic amines is 1. The summed E-state index contributed by atoms with van der Waals surface area (Å²) in [5, 5.41) is 19.9. The zero-order valence-corrected chi connectivity index (χ0v) is 12.7. The molecule has 3 rings (SSSR count). The Morgan fingerprint density at radius 1 is 1.43 bits per heavy atom. The molecule has 112 valence electrons. The van der Waals surface area contributed by atoms with Gasteiger partial charge in [0, 0.05) is 5.92 Å². The van der Waals surface area contributed by atoms with E-state index in [1.807, 2.05) is 0 Å². The van der Waals surface area contributed by atoms with Crippen molar-refractivity contribution >= 4 is 17.7 Å². The molecule has 7 heteroatoms. The van der Waals surface area contributed by atoms with Gasteiger partial charge in [0.25, 0.3) is 0 Å². The van der Waals surface area contributed by atoms with Crippen LogP contribution >= 0.6 is 11.8 Å². The molecule has 0 atom stereocenters. The summed E-state index contributed by atoms with van der Waals surface area (Å²) in [5.41, 5.74) is -0.659. The zero-order valence-electron chi connectivity index (χ0n) is 11.9. The molecule has 0 aliphatic heterocycles. The Kier molecular flexibility index (Phi) is 4.15. The third kappa shape index (κ3) is 3.56. The van der Waals surface area contributed by atoms with E-state index in [2.05, 4.69) is 26.6 Å². The second-order valence-corrected chi connectivity index (χ2v) is 6.81. The van der Waals surface area contributed by atoms with E-state index in [0.29, 0.717) is 11.1 Å². The van der Waals surface area contributed by atoms with Gasteiger partial charge in [-0.3, -0.25) is 9.89 Å². The highest BCUT2D eigenvalue weighted by Gasteiger charge is 2.33. The Morgan fingerprint density at radius 3 is 2.86 bits per heavy atom. The molecule has 0 aromatic carbocycles. The number of carbonyl (C=O) groups excluding carboxylic acids is 1. The van der Waals surface area contributed by atoms with Crippen molar-refractivity contribution in [2.45, 2.75) is 61.6 Å². The molecule has 0 spiro atoms. The lowest BCUT2D eigenvalue weighted by atomic mass is 9.83. The molecule has 2 fully saturated rings. The maximum atomic E-state index is 12.1. The van der Waals surface area contributed by atoms with Gasteiger partial charge in [-0.15, -0.1) is 5.10 Å². The quantitative estimate of drug-likeness (QED) is 0.813. The van der Waals surface area contributed by atoms with Crippen LogP contribution in [-0.4, -0.2) is 32.4 Å². The predicted molar refractivity (Wildman–Crippen MR) is 78.7 cm³/mol. The van der Waals surface area contributed by atoms with Gasteiger partial charge in [0.05, 0.1) is 11.8 Å². The van der Waals surface area contributed by atoms with Crippen molar-refractivity contribution in [2.24, 2.45) is 0 Å². The SMILES string of the molecule is N#CC1(NC(=O)CSc2n[nH]c(C3CC3)n2)CCCCC1. The van der Waals surface area contributed by atoms with Crippen LogP contribution in [0.25, 0.3) is 0 Å². The number of hydrogen-bond acceptors (Lipinski definition) is 5. The number of H-pyrrole nitrogens is 1. The first-order valence-corrected chi connectivity index (χ1v) is 8.47. The van der Waals surface area contributed by atoms with E-state index in [1.165, 1.54) is 24.6 Å². The number of nitrogens with one attached hydrogen (secondary N) is 2. The van der Waals surface area contributed by atoms with Crippen molar-refractivity contribution in [3.05, 3.63) is 5.82 Å². The lowest BCUT2D eigenvalue weighted by Crippen LogP contribution is -2.49. The normalized spacial score (nSPS) is 20.7. The molecule has 2 N–H and O–H groups in total. The Hall–Kier alpha value is -1.55. The molecule has 1 amide bonds. The predicted octanol–water partition coefficient (Wildman–Crippen LogP) is 2.12. The Bertz CT molecular complexity index is 554. The second-order valence-electron chi connectivity index (χ2n) is 5.87. The fourth-order valence-electron chi connectivity index (χ4n) is 2.72. The lowest BCUT2D eigenvalue weighted by Gasteiger charge is -2.31. The molecular weight excluding hydrogens is 286 g/mol. The molecule has 0 saturated heterocycles. The van der Waals surface area contributed by atoms with E-state index in [0.717, 1.165) is 37.9 Å². The molecule has 1 heterocycles. The standard InChI is InChI=1S/C14H19N5OS/c15-9-14(6-2-1-3-7-14)17-11(20)8-21-13-16-12(18-19-13)10-4-5-10/h10H,1-8H2,(H,17,20)(H,16,18,19). The fourth-order valence-corrected chi connectivity index (χ4v) is 3.32. The first-order valence-electron chi connectivity index (χ1n) is 7.48. The number of carbonyl (C=O) groups is 1. The Balaban J connectivity index is 1.50. The molecule has 2 saturated carbocycles. The monoisotopic (exact) mass is 305 g/mol. The van der Waals surface area contributed by atoms with Crippen LogP contribution in [-0.2, 0) is 4.79 Å². The minimum absolute atomic E-state index is 0.110. The molecule has 2 aliphatic carbocycles. The van der Waals surface area contributed by atoms with Crippen molar-refractivity contribution in [2.75, 3.05) is 5.75 Å². The first kappa shape index (κ1) is 14.4. The molecule has 0 radical (unpaired) electrons. The van der Waals surface area contributed by atoms with Crippen LogP contribution in [0.3, 0.4) is 0 Å². The minimum atomic E-state index is -0.659. The van der Waals surface area contributed by atoms with Crippen molar-refractivity contribution in [1.29, 1.82) is 5.26 Å². The summed E-state index contributed by atoms with van der Waals surface area (Å²) in [5.74, 6) is 1.61. The van der Waals surface area contributed by atoms with Crippen LogP contribution in [0.15, 0.2) is 5.16 Å². The highest BCUT2D eigenvalue weighted by molar-refractivity contribution is 7.99. The molecule has 1 aromatic heterocycles. The van der Waals surface area contributed by atoms with Gasteiger partial charge >= 0.3 is 0 Å². The highest BCUT2D eigenvalue weighted by Crippen LogP contribution is 2.38. The zero-order chi connectivity index (χ0) is 14.7. The molecular formula is C14H19N5OS. The third-order valence-corrected chi connectivity index (χ3v) is 4.93. The lowest BCUT2D eigenvalue weighted by molar-refractivity contribution is -0.120. The molecule has 6 nitrogen and oxygen atoms in total. The van der Waals surface area contributed by atoms with Crippen LogP contribution in [0.1, 0.15) is 56.7 Å². The van der Waals surface area contributed by atoms with Gasteiger partial charge in [0.1, 0.15) is 11.4 Å². The maximum absolute atomic E-state index is 12.1. The molecule has 0 bridgehead atoms. The summed E-state index contributed by atoms with van der Waals surface area (Å²) in [7, 11) is 0. The average Bonchev–Trinajstić information content (AvgIpc) is 3.25.